The first kappa shape index (κ1) is 23.6. The predicted octanol–water partition coefficient (Wildman–Crippen LogP) is -1.08. The minimum atomic E-state index is -1.23. The zero-order chi connectivity index (χ0) is 21.0. The van der Waals surface area contributed by atoms with Crippen LogP contribution in [-0.4, -0.2) is 51.0 Å². The number of carbonyl (C=O) groups excluding carboxylic acids is 2. The number of benzene rings is 1. The van der Waals surface area contributed by atoms with Crippen LogP contribution >= 0.6 is 0 Å². The van der Waals surface area contributed by atoms with Crippen LogP contribution in [0.15, 0.2) is 53.9 Å². The minimum absolute atomic E-state index is 0. The molecule has 9 heteroatoms. The minimum Gasteiger partial charge on any atom is -1.00 e. The molecule has 0 fully saturated rings. The molecule has 1 aliphatic rings. The van der Waals surface area contributed by atoms with Crippen LogP contribution in [0.3, 0.4) is 0 Å². The van der Waals surface area contributed by atoms with Crippen molar-refractivity contribution in [1.82, 2.24) is 15.2 Å². The number of aromatic nitrogens is 1. The van der Waals surface area contributed by atoms with E-state index in [0.717, 1.165) is 22.4 Å². The van der Waals surface area contributed by atoms with Crippen LogP contribution in [0.25, 0.3) is 11.3 Å². The molecular formula is C21H22N3NaO5. The number of aliphatic hydroxyl groups is 1. The summed E-state index contributed by atoms with van der Waals surface area (Å²) in [5.74, 6) is -3.07. The number of aliphatic carboxylic acids is 1. The van der Waals surface area contributed by atoms with E-state index in [9.17, 15) is 19.5 Å². The van der Waals surface area contributed by atoms with E-state index in [1.54, 1.807) is 6.20 Å². The van der Waals surface area contributed by atoms with E-state index in [0.29, 0.717) is 0 Å². The summed E-state index contributed by atoms with van der Waals surface area (Å²) in [7, 11) is 0. The number of amides is 2. The molecule has 2 heterocycles. The number of carbonyl (C=O) groups is 3. The van der Waals surface area contributed by atoms with Crippen LogP contribution < -0.4 is 34.9 Å². The largest absolute Gasteiger partial charge is 1.00 e. The molecular weight excluding hydrogens is 397 g/mol. The molecule has 3 N–H and O–H groups in total. The monoisotopic (exact) mass is 419 g/mol. The van der Waals surface area contributed by atoms with Crippen molar-refractivity contribution in [3.63, 3.8) is 0 Å². The molecule has 0 saturated heterocycles. The first-order valence-corrected chi connectivity index (χ1v) is 9.08. The van der Waals surface area contributed by atoms with Gasteiger partial charge in [-0.1, -0.05) is 30.3 Å². The third-order valence-electron chi connectivity index (χ3n) is 4.57. The Balaban J connectivity index is 0.00000240. The Morgan fingerprint density at radius 1 is 1.20 bits per heavy atom. The van der Waals surface area contributed by atoms with E-state index < -0.39 is 29.9 Å². The molecule has 3 rings (SSSR count). The van der Waals surface area contributed by atoms with Crippen LogP contribution in [0.2, 0.25) is 0 Å². The number of rotatable bonds is 6. The quantitative estimate of drug-likeness (QED) is 0.405. The summed E-state index contributed by atoms with van der Waals surface area (Å²) in [5, 5.41) is 20.7. The Kier molecular flexibility index (Phi) is 8.16. The molecule has 1 aromatic heterocycles. The SMILES string of the molecule is Cc1ccc(-c2ccc(CN3CCC(O)=C(C(=O)NCC(=O)O)C3=O)cc2)nc1.[H-].[Na+]. The maximum Gasteiger partial charge on any atom is 1.00 e. The topological polar surface area (TPSA) is 120 Å². The second-order valence-corrected chi connectivity index (χ2v) is 6.79. The van der Waals surface area contributed by atoms with Crippen molar-refractivity contribution in [2.45, 2.75) is 19.9 Å². The molecule has 1 aromatic carbocycles. The van der Waals surface area contributed by atoms with Gasteiger partial charge in [0, 0.05) is 31.3 Å². The number of aryl methyl sites for hydroxylation is 1. The average molecular weight is 419 g/mol. The Labute approximate surface area is 197 Å². The Bertz CT molecular complexity index is 978. The molecule has 0 spiro atoms. The fourth-order valence-electron chi connectivity index (χ4n) is 3.01. The smallest absolute Gasteiger partial charge is 1.00 e. The predicted molar refractivity (Wildman–Crippen MR) is 106 cm³/mol. The molecule has 30 heavy (non-hydrogen) atoms. The van der Waals surface area contributed by atoms with Crippen molar-refractivity contribution in [1.29, 1.82) is 0 Å². The van der Waals surface area contributed by atoms with Crippen LogP contribution in [0.5, 0.6) is 0 Å². The van der Waals surface area contributed by atoms with Crippen LogP contribution in [0, 0.1) is 6.92 Å². The van der Waals surface area contributed by atoms with Gasteiger partial charge in [0.05, 0.1) is 5.69 Å². The number of hydrogen-bond donors (Lipinski definition) is 3. The second kappa shape index (κ2) is 10.4. The number of hydrogen-bond acceptors (Lipinski definition) is 5. The van der Waals surface area contributed by atoms with Gasteiger partial charge in [0.15, 0.2) is 0 Å². The Hall–Kier alpha value is -2.68. The molecule has 0 unspecified atom stereocenters. The molecule has 8 nitrogen and oxygen atoms in total. The van der Waals surface area contributed by atoms with E-state index in [4.69, 9.17) is 5.11 Å². The van der Waals surface area contributed by atoms with Gasteiger partial charge in [0.2, 0.25) is 0 Å². The number of nitrogens with zero attached hydrogens (tertiary/aromatic N) is 2. The van der Waals surface area contributed by atoms with Crippen molar-refractivity contribution in [2.75, 3.05) is 13.1 Å². The maximum atomic E-state index is 12.6. The second-order valence-electron chi connectivity index (χ2n) is 6.79. The van der Waals surface area contributed by atoms with E-state index in [2.05, 4.69) is 10.3 Å². The Morgan fingerprint density at radius 3 is 2.50 bits per heavy atom. The number of nitrogens with one attached hydrogen (secondary N) is 1. The molecule has 0 saturated carbocycles. The summed E-state index contributed by atoms with van der Waals surface area (Å²) in [4.78, 5) is 41.2. The molecule has 1 aliphatic heterocycles. The van der Waals surface area contributed by atoms with E-state index in [-0.39, 0.29) is 56.3 Å². The summed E-state index contributed by atoms with van der Waals surface area (Å²) < 4.78 is 0. The van der Waals surface area contributed by atoms with Gasteiger partial charge in [-0.3, -0.25) is 19.4 Å². The van der Waals surface area contributed by atoms with Gasteiger partial charge < -0.3 is 21.9 Å². The van der Waals surface area contributed by atoms with Gasteiger partial charge in [-0.05, 0) is 24.1 Å². The molecule has 152 valence electrons. The third kappa shape index (κ3) is 5.69. The van der Waals surface area contributed by atoms with Crippen molar-refractivity contribution >= 4 is 17.8 Å². The zero-order valence-electron chi connectivity index (χ0n) is 17.9. The number of aliphatic hydroxyl groups excluding tert-OH is 1. The summed E-state index contributed by atoms with van der Waals surface area (Å²) >= 11 is 0. The zero-order valence-corrected chi connectivity index (χ0v) is 18.9. The normalized spacial score (nSPS) is 13.6. The summed E-state index contributed by atoms with van der Waals surface area (Å²) in [5.41, 5.74) is 3.33. The third-order valence-corrected chi connectivity index (χ3v) is 4.57. The van der Waals surface area contributed by atoms with Gasteiger partial charge in [-0.15, -0.1) is 0 Å². The molecule has 0 bridgehead atoms. The summed E-state index contributed by atoms with van der Waals surface area (Å²) in [6, 6.07) is 11.5. The molecule has 2 amide bonds. The van der Waals surface area contributed by atoms with Gasteiger partial charge in [-0.25, -0.2) is 0 Å². The van der Waals surface area contributed by atoms with Crippen LogP contribution in [0.4, 0.5) is 0 Å². The number of carboxylic acids is 1. The molecule has 0 radical (unpaired) electrons. The van der Waals surface area contributed by atoms with E-state index >= 15 is 0 Å². The van der Waals surface area contributed by atoms with Crippen LogP contribution in [-0.2, 0) is 20.9 Å². The van der Waals surface area contributed by atoms with Gasteiger partial charge in [-0.2, -0.15) is 0 Å². The van der Waals surface area contributed by atoms with Gasteiger partial charge in [0.25, 0.3) is 11.8 Å². The molecule has 0 aliphatic carbocycles. The maximum absolute atomic E-state index is 12.6. The van der Waals surface area contributed by atoms with E-state index in [1.165, 1.54) is 4.90 Å². The number of pyridine rings is 1. The van der Waals surface area contributed by atoms with Crippen molar-refractivity contribution in [2.24, 2.45) is 0 Å². The fourth-order valence-corrected chi connectivity index (χ4v) is 3.01. The first-order chi connectivity index (χ1) is 13.8. The van der Waals surface area contributed by atoms with Gasteiger partial charge >= 0.3 is 35.5 Å². The average Bonchev–Trinajstić information content (AvgIpc) is 2.70. The van der Waals surface area contributed by atoms with Gasteiger partial charge in [0.1, 0.15) is 17.9 Å². The molecule has 2 aromatic rings. The van der Waals surface area contributed by atoms with Crippen molar-refractivity contribution in [3.8, 4) is 11.3 Å². The number of carboxylic acid groups (broad SMARTS) is 1. The van der Waals surface area contributed by atoms with Crippen molar-refractivity contribution in [3.05, 3.63) is 65.1 Å². The summed E-state index contributed by atoms with van der Waals surface area (Å²) in [6.45, 7) is 1.88. The Morgan fingerprint density at radius 2 is 1.90 bits per heavy atom. The summed E-state index contributed by atoms with van der Waals surface area (Å²) in [6.07, 6.45) is 1.93. The van der Waals surface area contributed by atoms with Crippen molar-refractivity contribution < 1.29 is 55.6 Å². The first-order valence-electron chi connectivity index (χ1n) is 9.08. The van der Waals surface area contributed by atoms with Crippen LogP contribution in [0.1, 0.15) is 19.0 Å². The molecule has 0 atom stereocenters. The van der Waals surface area contributed by atoms with E-state index in [1.807, 2.05) is 43.3 Å². The fraction of sp³-hybridized carbons (Fsp3) is 0.238. The standard InChI is InChI=1S/C21H21N3O5.Na.H/c1-13-2-7-16(22-10-13)15-5-3-14(4-6-15)12-24-9-8-17(25)19(21(24)29)20(28)23-11-18(26)27;;/h2-7,10,25H,8-9,11-12H2,1H3,(H,23,28)(H,26,27);;/q;+1;-1.